The highest BCUT2D eigenvalue weighted by Gasteiger charge is 2.21. The summed E-state index contributed by atoms with van der Waals surface area (Å²) in [4.78, 5) is 0. The van der Waals surface area contributed by atoms with E-state index in [9.17, 15) is 0 Å². The summed E-state index contributed by atoms with van der Waals surface area (Å²) < 4.78 is 0.162. The van der Waals surface area contributed by atoms with Gasteiger partial charge in [-0.25, -0.2) is 0 Å². The molecule has 9 heavy (non-hydrogen) atoms. The first-order chi connectivity index (χ1) is 4.38. The van der Waals surface area contributed by atoms with Gasteiger partial charge in [0.2, 0.25) is 0 Å². The van der Waals surface area contributed by atoms with Crippen LogP contribution in [0.2, 0.25) is 0 Å². The number of hydrogen-bond acceptors (Lipinski definition) is 1. The third kappa shape index (κ3) is 0.759. The van der Waals surface area contributed by atoms with Gasteiger partial charge in [-0.3, -0.25) is 0 Å². The van der Waals surface area contributed by atoms with Gasteiger partial charge in [-0.2, -0.15) is 0 Å². The lowest BCUT2D eigenvalue weighted by atomic mass is 10.2. The summed E-state index contributed by atoms with van der Waals surface area (Å²) in [5.41, 5.74) is 2.56. The molecule has 1 atom stereocenters. The fraction of sp³-hybridized carbons (Fsp3) is 0.143. The summed E-state index contributed by atoms with van der Waals surface area (Å²) in [6.07, 6.45) is 6.20. The van der Waals surface area contributed by atoms with Crippen LogP contribution in [0.15, 0.2) is 34.8 Å². The van der Waals surface area contributed by atoms with Crippen LogP contribution in [0.5, 0.6) is 0 Å². The first-order valence-corrected chi connectivity index (χ1v) is 4.14. The molecule has 0 radical (unpaired) electrons. The molecule has 1 aliphatic carbocycles. The van der Waals surface area contributed by atoms with Crippen LogP contribution in [0.3, 0.4) is 0 Å². The summed E-state index contributed by atoms with van der Waals surface area (Å²) in [5.74, 6) is 0. The van der Waals surface area contributed by atoms with Gasteiger partial charge >= 0.3 is 0 Å². The minimum atomic E-state index is 0.162. The average Bonchev–Trinajstić information content (AvgIpc) is 2.35. The van der Waals surface area contributed by atoms with E-state index in [1.54, 1.807) is 11.8 Å². The lowest BCUT2D eigenvalue weighted by Crippen LogP contribution is -1.88. The van der Waals surface area contributed by atoms with Gasteiger partial charge in [-0.05, 0) is 16.6 Å². The van der Waals surface area contributed by atoms with Crippen LogP contribution in [0.4, 0.5) is 0 Å². The van der Waals surface area contributed by atoms with E-state index in [1.165, 1.54) is 11.1 Å². The highest BCUT2D eigenvalue weighted by atomic mass is 35.5. The maximum Gasteiger partial charge on any atom is 0.108 e. The quantitative estimate of drug-likeness (QED) is 0.486. The molecule has 2 aliphatic rings. The zero-order chi connectivity index (χ0) is 6.27. The zero-order valence-electron chi connectivity index (χ0n) is 4.67. The number of thioether (sulfide) groups is 1. The molecule has 2 heteroatoms. The van der Waals surface area contributed by atoms with Crippen LogP contribution in [0.1, 0.15) is 0 Å². The van der Waals surface area contributed by atoms with Crippen LogP contribution < -0.4 is 0 Å². The number of allylic oxidation sites excluding steroid dienone is 4. The molecule has 0 aromatic carbocycles. The van der Waals surface area contributed by atoms with Crippen molar-refractivity contribution in [1.82, 2.24) is 0 Å². The summed E-state index contributed by atoms with van der Waals surface area (Å²) >= 11 is 7.59. The predicted octanol–water partition coefficient (Wildman–Crippen LogP) is 2.68. The van der Waals surface area contributed by atoms with Crippen LogP contribution >= 0.6 is 23.4 Å². The molecule has 0 spiro atoms. The third-order valence-corrected chi connectivity index (χ3v) is 2.87. The van der Waals surface area contributed by atoms with E-state index in [-0.39, 0.29) is 4.71 Å². The van der Waals surface area contributed by atoms with Crippen molar-refractivity contribution in [2.24, 2.45) is 0 Å². The minimum absolute atomic E-state index is 0.162. The summed E-state index contributed by atoms with van der Waals surface area (Å²) in [6, 6.07) is 0. The van der Waals surface area contributed by atoms with E-state index in [1.807, 2.05) is 6.08 Å². The van der Waals surface area contributed by atoms with E-state index in [2.05, 4.69) is 17.6 Å². The predicted molar refractivity (Wildman–Crippen MR) is 42.5 cm³/mol. The number of rotatable bonds is 0. The van der Waals surface area contributed by atoms with Crippen LogP contribution in [0, 0.1) is 0 Å². The first-order valence-electron chi connectivity index (χ1n) is 2.76. The van der Waals surface area contributed by atoms with Crippen molar-refractivity contribution in [3.8, 4) is 0 Å². The standard InChI is InChI=1S/C7H5ClS/c8-7-6-3-1-2-5(6)4-9-7/h1-4,7H. The molecule has 0 fully saturated rings. The van der Waals surface area contributed by atoms with Crippen molar-refractivity contribution in [1.29, 1.82) is 0 Å². The van der Waals surface area contributed by atoms with Crippen LogP contribution in [-0.2, 0) is 0 Å². The molecule has 1 unspecified atom stereocenters. The van der Waals surface area contributed by atoms with Gasteiger partial charge in [-0.15, -0.1) is 23.4 Å². The van der Waals surface area contributed by atoms with E-state index in [0.717, 1.165) is 0 Å². The number of fused-ring (bicyclic) bond motifs is 1. The Morgan fingerprint density at radius 1 is 1.56 bits per heavy atom. The van der Waals surface area contributed by atoms with Gasteiger partial charge in [0, 0.05) is 0 Å². The lowest BCUT2D eigenvalue weighted by molar-refractivity contribution is 1.45. The zero-order valence-corrected chi connectivity index (χ0v) is 6.25. The number of halogens is 1. The smallest absolute Gasteiger partial charge is 0.108 e. The van der Waals surface area contributed by atoms with Crippen molar-refractivity contribution in [3.05, 3.63) is 34.8 Å². The largest absolute Gasteiger partial charge is 0.109 e. The Bertz CT molecular complexity index is 225. The van der Waals surface area contributed by atoms with Crippen molar-refractivity contribution in [3.63, 3.8) is 0 Å². The second-order valence-corrected chi connectivity index (χ2v) is 3.68. The molecule has 0 aromatic heterocycles. The number of alkyl halides is 1. The van der Waals surface area contributed by atoms with Crippen molar-refractivity contribution in [2.45, 2.75) is 4.71 Å². The average molecular weight is 157 g/mol. The summed E-state index contributed by atoms with van der Waals surface area (Å²) in [7, 11) is 0. The molecule has 0 saturated heterocycles. The van der Waals surface area contributed by atoms with E-state index in [0.29, 0.717) is 0 Å². The van der Waals surface area contributed by atoms with Crippen molar-refractivity contribution >= 4 is 23.4 Å². The Morgan fingerprint density at radius 2 is 2.44 bits per heavy atom. The first kappa shape index (κ1) is 5.63. The molecule has 1 aliphatic heterocycles. The Hall–Kier alpha value is -0.140. The SMILES string of the molecule is ClC1SC=C2C=CC=C21. The maximum absolute atomic E-state index is 5.92. The van der Waals surface area contributed by atoms with Crippen molar-refractivity contribution < 1.29 is 0 Å². The molecule has 0 N–H and O–H groups in total. The Balaban J connectivity index is 2.42. The second kappa shape index (κ2) is 1.93. The van der Waals surface area contributed by atoms with E-state index < -0.39 is 0 Å². The fourth-order valence-electron chi connectivity index (χ4n) is 0.968. The van der Waals surface area contributed by atoms with Gasteiger partial charge in [0.05, 0.1) is 0 Å². The topological polar surface area (TPSA) is 0 Å². The molecular weight excluding hydrogens is 152 g/mol. The molecule has 0 nitrogen and oxygen atoms in total. The van der Waals surface area contributed by atoms with E-state index in [4.69, 9.17) is 11.6 Å². The molecule has 0 amide bonds. The normalized spacial score (nSPS) is 30.1. The Labute approximate surface area is 63.3 Å². The molecular formula is C7H5ClS. The molecule has 0 aromatic rings. The third-order valence-electron chi connectivity index (χ3n) is 1.44. The van der Waals surface area contributed by atoms with Gasteiger partial charge in [0.1, 0.15) is 4.71 Å². The monoisotopic (exact) mass is 156 g/mol. The highest BCUT2D eigenvalue weighted by Crippen LogP contribution is 2.40. The second-order valence-electron chi connectivity index (χ2n) is 2.01. The molecule has 1 heterocycles. The molecule has 0 saturated carbocycles. The lowest BCUT2D eigenvalue weighted by Gasteiger charge is -1.97. The Kier molecular flexibility index (Phi) is 1.20. The van der Waals surface area contributed by atoms with Crippen LogP contribution in [0.25, 0.3) is 0 Å². The van der Waals surface area contributed by atoms with Gasteiger partial charge in [0.15, 0.2) is 0 Å². The van der Waals surface area contributed by atoms with E-state index >= 15 is 0 Å². The van der Waals surface area contributed by atoms with Crippen molar-refractivity contribution in [2.75, 3.05) is 0 Å². The molecule has 0 bridgehead atoms. The minimum Gasteiger partial charge on any atom is -0.109 e. The van der Waals surface area contributed by atoms with Gasteiger partial charge < -0.3 is 0 Å². The summed E-state index contributed by atoms with van der Waals surface area (Å²) in [6.45, 7) is 0. The molecule has 2 rings (SSSR count). The number of hydrogen-bond donors (Lipinski definition) is 0. The van der Waals surface area contributed by atoms with Gasteiger partial charge in [0.25, 0.3) is 0 Å². The summed E-state index contributed by atoms with van der Waals surface area (Å²) in [5, 5.41) is 2.10. The Morgan fingerprint density at radius 3 is 3.22 bits per heavy atom. The highest BCUT2D eigenvalue weighted by molar-refractivity contribution is 8.04. The fourth-order valence-corrected chi connectivity index (χ4v) is 2.16. The maximum atomic E-state index is 5.92. The van der Waals surface area contributed by atoms with Gasteiger partial charge in [-0.1, -0.05) is 18.2 Å². The molecule has 46 valence electrons. The van der Waals surface area contributed by atoms with Crippen LogP contribution in [-0.4, -0.2) is 4.71 Å².